The molecule has 3 nitrogen and oxygen atoms in total. The van der Waals surface area contributed by atoms with Crippen LogP contribution in [0.2, 0.25) is 0 Å². The fourth-order valence-electron chi connectivity index (χ4n) is 1.76. The van der Waals surface area contributed by atoms with Gasteiger partial charge in [0.05, 0.1) is 0 Å². The van der Waals surface area contributed by atoms with Crippen molar-refractivity contribution in [2.24, 2.45) is 5.92 Å². The quantitative estimate of drug-likeness (QED) is 0.659. The van der Waals surface area contributed by atoms with Gasteiger partial charge in [0.2, 0.25) is 0 Å². The average molecular weight is 216 g/mol. The van der Waals surface area contributed by atoms with Gasteiger partial charge in [-0.25, -0.2) is 0 Å². The third kappa shape index (κ3) is 3.67. The number of nitrogens with zero attached hydrogens (tertiary/aromatic N) is 1. The Hall–Kier alpha value is 0.0700. The predicted octanol–water partition coefficient (Wildman–Crippen LogP) is 0.0503. The van der Waals surface area contributed by atoms with Crippen molar-refractivity contribution in [2.45, 2.75) is 12.8 Å². The van der Waals surface area contributed by atoms with Crippen molar-refractivity contribution in [3.63, 3.8) is 0 Å². The zero-order valence-corrected chi connectivity index (χ0v) is 9.52. The highest BCUT2D eigenvalue weighted by molar-refractivity contribution is 7.85. The van der Waals surface area contributed by atoms with E-state index in [1.807, 2.05) is 0 Å². The molecule has 0 unspecified atom stereocenters. The van der Waals surface area contributed by atoms with Crippen molar-refractivity contribution in [1.82, 2.24) is 10.2 Å². The molecule has 2 rings (SSSR count). The molecular weight excluding hydrogens is 196 g/mol. The second-order valence-corrected chi connectivity index (χ2v) is 6.03. The average Bonchev–Trinajstić information content (AvgIpc) is 2.99. The summed E-state index contributed by atoms with van der Waals surface area (Å²) in [7, 11) is -0.528. The van der Waals surface area contributed by atoms with Crippen molar-refractivity contribution in [3.05, 3.63) is 0 Å². The molecule has 1 aliphatic carbocycles. The van der Waals surface area contributed by atoms with Crippen LogP contribution in [-0.4, -0.2) is 53.3 Å². The molecule has 82 valence electrons. The lowest BCUT2D eigenvalue weighted by atomic mass is 10.4. The van der Waals surface area contributed by atoms with Crippen LogP contribution in [0.4, 0.5) is 0 Å². The summed E-state index contributed by atoms with van der Waals surface area (Å²) in [4.78, 5) is 2.42. The van der Waals surface area contributed by atoms with E-state index >= 15 is 0 Å². The molecule has 0 amide bonds. The predicted molar refractivity (Wildman–Crippen MR) is 59.9 cm³/mol. The fraction of sp³-hybridized carbons (Fsp3) is 1.00. The first-order valence-corrected chi connectivity index (χ1v) is 7.11. The third-order valence-electron chi connectivity index (χ3n) is 3.01. The van der Waals surface area contributed by atoms with Gasteiger partial charge in [0.25, 0.3) is 0 Å². The number of rotatable bonds is 5. The molecule has 0 aromatic carbocycles. The summed E-state index contributed by atoms with van der Waals surface area (Å²) in [6.07, 6.45) is 2.85. The summed E-state index contributed by atoms with van der Waals surface area (Å²) in [5.41, 5.74) is 0. The Morgan fingerprint density at radius 2 is 2.00 bits per heavy atom. The lowest BCUT2D eigenvalue weighted by molar-refractivity contribution is 0.298. The van der Waals surface area contributed by atoms with Crippen LogP contribution in [-0.2, 0) is 10.8 Å². The van der Waals surface area contributed by atoms with E-state index in [1.54, 1.807) is 0 Å². The molecule has 1 saturated heterocycles. The molecule has 0 radical (unpaired) electrons. The second kappa shape index (κ2) is 5.24. The first-order valence-electron chi connectivity index (χ1n) is 5.62. The monoisotopic (exact) mass is 216 g/mol. The van der Waals surface area contributed by atoms with Crippen molar-refractivity contribution in [3.8, 4) is 0 Å². The van der Waals surface area contributed by atoms with Gasteiger partial charge in [-0.3, -0.25) is 4.21 Å². The number of nitrogens with one attached hydrogen (secondary N) is 1. The van der Waals surface area contributed by atoms with Crippen LogP contribution in [0.3, 0.4) is 0 Å². The molecule has 0 aromatic heterocycles. The van der Waals surface area contributed by atoms with Gasteiger partial charge in [0.15, 0.2) is 0 Å². The van der Waals surface area contributed by atoms with Crippen molar-refractivity contribution < 1.29 is 4.21 Å². The first kappa shape index (κ1) is 10.6. The Kier molecular flexibility index (Phi) is 3.96. The lowest BCUT2D eigenvalue weighted by Crippen LogP contribution is -2.41. The fourth-order valence-corrected chi connectivity index (χ4v) is 2.89. The van der Waals surface area contributed by atoms with Gasteiger partial charge in [-0.15, -0.1) is 0 Å². The SMILES string of the molecule is O=S1CCN(CCNCC2CC2)CC1. The molecule has 2 fully saturated rings. The van der Waals surface area contributed by atoms with E-state index in [0.29, 0.717) is 0 Å². The molecule has 1 N–H and O–H groups in total. The summed E-state index contributed by atoms with van der Waals surface area (Å²) in [5.74, 6) is 2.73. The van der Waals surface area contributed by atoms with Gasteiger partial charge in [-0.1, -0.05) is 0 Å². The lowest BCUT2D eigenvalue weighted by Gasteiger charge is -2.25. The minimum atomic E-state index is -0.528. The highest BCUT2D eigenvalue weighted by Gasteiger charge is 2.20. The molecule has 1 saturated carbocycles. The van der Waals surface area contributed by atoms with Crippen LogP contribution < -0.4 is 5.32 Å². The zero-order valence-electron chi connectivity index (χ0n) is 8.71. The van der Waals surface area contributed by atoms with Crippen LogP contribution in [0.25, 0.3) is 0 Å². The van der Waals surface area contributed by atoms with Crippen LogP contribution in [0.5, 0.6) is 0 Å². The normalized spacial score (nSPS) is 25.4. The summed E-state index contributed by atoms with van der Waals surface area (Å²) < 4.78 is 11.1. The Morgan fingerprint density at radius 3 is 2.64 bits per heavy atom. The molecule has 1 heterocycles. The Bertz CT molecular complexity index is 196. The second-order valence-electron chi connectivity index (χ2n) is 4.34. The van der Waals surface area contributed by atoms with Gasteiger partial charge in [-0.05, 0) is 25.3 Å². The van der Waals surface area contributed by atoms with E-state index < -0.39 is 10.8 Å². The van der Waals surface area contributed by atoms with Crippen molar-refractivity contribution in [2.75, 3.05) is 44.2 Å². The van der Waals surface area contributed by atoms with Crippen molar-refractivity contribution >= 4 is 10.8 Å². The molecule has 4 heteroatoms. The summed E-state index contributed by atoms with van der Waals surface area (Å²) in [6.45, 7) is 5.49. The van der Waals surface area contributed by atoms with Crippen LogP contribution in [0.1, 0.15) is 12.8 Å². The molecule has 0 bridgehead atoms. The Balaban J connectivity index is 1.49. The first-order chi connectivity index (χ1) is 6.84. The maximum Gasteiger partial charge on any atom is 0.0363 e. The van der Waals surface area contributed by atoms with E-state index in [0.717, 1.165) is 43.6 Å². The summed E-state index contributed by atoms with van der Waals surface area (Å²) >= 11 is 0. The summed E-state index contributed by atoms with van der Waals surface area (Å²) in [5, 5.41) is 3.49. The topological polar surface area (TPSA) is 32.3 Å². The molecule has 14 heavy (non-hydrogen) atoms. The molecule has 0 atom stereocenters. The molecule has 2 aliphatic rings. The van der Waals surface area contributed by atoms with Gasteiger partial charge in [-0.2, -0.15) is 0 Å². The van der Waals surface area contributed by atoms with E-state index in [-0.39, 0.29) is 0 Å². The van der Waals surface area contributed by atoms with E-state index in [4.69, 9.17) is 0 Å². The summed E-state index contributed by atoms with van der Waals surface area (Å²) in [6, 6.07) is 0. The maximum atomic E-state index is 11.1. The minimum Gasteiger partial charge on any atom is -0.315 e. The van der Waals surface area contributed by atoms with Crippen LogP contribution >= 0.6 is 0 Å². The standard InChI is InChI=1S/C10H20N2OS/c13-14-7-5-12(6-8-14)4-3-11-9-10-1-2-10/h10-11H,1-9H2. The highest BCUT2D eigenvalue weighted by Crippen LogP contribution is 2.27. The van der Waals surface area contributed by atoms with Gasteiger partial charge in [0, 0.05) is 48.5 Å². The zero-order chi connectivity index (χ0) is 9.80. The minimum absolute atomic E-state index is 0.528. The maximum absolute atomic E-state index is 11.1. The number of hydrogen-bond donors (Lipinski definition) is 1. The van der Waals surface area contributed by atoms with E-state index in [2.05, 4.69) is 10.2 Å². The molecular formula is C10H20N2OS. The van der Waals surface area contributed by atoms with Gasteiger partial charge >= 0.3 is 0 Å². The molecule has 0 spiro atoms. The smallest absolute Gasteiger partial charge is 0.0363 e. The van der Waals surface area contributed by atoms with E-state index in [9.17, 15) is 4.21 Å². The largest absolute Gasteiger partial charge is 0.315 e. The van der Waals surface area contributed by atoms with Gasteiger partial charge in [0.1, 0.15) is 0 Å². The van der Waals surface area contributed by atoms with E-state index in [1.165, 1.54) is 19.4 Å². The molecule has 0 aromatic rings. The highest BCUT2D eigenvalue weighted by atomic mass is 32.2. The molecule has 1 aliphatic heterocycles. The van der Waals surface area contributed by atoms with Crippen molar-refractivity contribution in [1.29, 1.82) is 0 Å². The number of hydrogen-bond acceptors (Lipinski definition) is 3. The van der Waals surface area contributed by atoms with Gasteiger partial charge < -0.3 is 10.2 Å². The van der Waals surface area contributed by atoms with Crippen LogP contribution in [0.15, 0.2) is 0 Å². The van der Waals surface area contributed by atoms with Crippen LogP contribution in [0, 0.1) is 5.92 Å². The Labute approximate surface area is 88.7 Å². The Morgan fingerprint density at radius 1 is 1.29 bits per heavy atom. The third-order valence-corrected chi connectivity index (χ3v) is 4.28.